The van der Waals surface area contributed by atoms with Crippen LogP contribution in [0.15, 0.2) is 59.5 Å². The van der Waals surface area contributed by atoms with Gasteiger partial charge in [-0.15, -0.1) is 0 Å². The molecule has 32 heavy (non-hydrogen) atoms. The highest BCUT2D eigenvalue weighted by atomic mass is 16.5. The van der Waals surface area contributed by atoms with E-state index in [4.69, 9.17) is 4.74 Å². The topological polar surface area (TPSA) is 96.8 Å². The number of nitrogens with zero attached hydrogens (tertiary/aromatic N) is 4. The molecule has 1 aliphatic heterocycles. The van der Waals surface area contributed by atoms with E-state index in [-0.39, 0.29) is 30.5 Å². The first-order valence-corrected chi connectivity index (χ1v) is 10.4. The zero-order chi connectivity index (χ0) is 22.5. The van der Waals surface area contributed by atoms with Crippen molar-refractivity contribution in [3.8, 4) is 0 Å². The van der Waals surface area contributed by atoms with Crippen LogP contribution in [0.5, 0.6) is 0 Å². The minimum Gasteiger partial charge on any atom is -0.378 e. The number of hydrogen-bond acceptors (Lipinski definition) is 6. The highest BCUT2D eigenvalue weighted by molar-refractivity contribution is 5.94. The molecule has 1 saturated heterocycles. The van der Waals surface area contributed by atoms with Crippen molar-refractivity contribution in [1.82, 2.24) is 14.5 Å². The molecular formula is C23H25N5O4. The molecule has 0 saturated carbocycles. The lowest BCUT2D eigenvalue weighted by atomic mass is 10.2. The maximum absolute atomic E-state index is 12.7. The quantitative estimate of drug-likeness (QED) is 0.628. The summed E-state index contributed by atoms with van der Waals surface area (Å²) in [5.74, 6) is -0.659. The van der Waals surface area contributed by atoms with E-state index in [9.17, 15) is 14.4 Å². The summed E-state index contributed by atoms with van der Waals surface area (Å²) in [6, 6.07) is 14.7. The van der Waals surface area contributed by atoms with Crippen LogP contribution in [0.1, 0.15) is 0 Å². The van der Waals surface area contributed by atoms with Crippen LogP contribution in [0.2, 0.25) is 0 Å². The monoisotopic (exact) mass is 435 g/mol. The van der Waals surface area contributed by atoms with E-state index in [2.05, 4.69) is 15.2 Å². The van der Waals surface area contributed by atoms with Crippen molar-refractivity contribution in [2.24, 2.45) is 0 Å². The van der Waals surface area contributed by atoms with E-state index < -0.39 is 0 Å². The summed E-state index contributed by atoms with van der Waals surface area (Å²) in [4.78, 5) is 45.0. The van der Waals surface area contributed by atoms with Gasteiger partial charge in [0.25, 0.3) is 5.56 Å². The molecule has 0 radical (unpaired) electrons. The third-order valence-corrected chi connectivity index (χ3v) is 5.38. The van der Waals surface area contributed by atoms with Crippen LogP contribution in [0.4, 0.5) is 11.4 Å². The van der Waals surface area contributed by atoms with E-state index in [1.807, 2.05) is 30.3 Å². The Hall–Kier alpha value is -3.72. The molecule has 9 heteroatoms. The lowest BCUT2D eigenvalue weighted by Crippen LogP contribution is -2.38. The number of ether oxygens (including phenoxy) is 1. The zero-order valence-electron chi connectivity index (χ0n) is 17.9. The standard InChI is InChI=1S/C23H25N5O4/c1-26(23(31)16-28-20-5-3-2-4-19(20)24-14-22(28)30)15-21(29)25-17-6-8-18(9-7-17)27-10-12-32-13-11-27/h2-9,14H,10-13,15-16H2,1H3,(H,25,29). The average Bonchev–Trinajstić information content (AvgIpc) is 2.82. The van der Waals surface area contributed by atoms with Gasteiger partial charge in [0.15, 0.2) is 0 Å². The van der Waals surface area contributed by atoms with Crippen LogP contribution in [0, 0.1) is 0 Å². The number of amides is 2. The van der Waals surface area contributed by atoms with Gasteiger partial charge < -0.3 is 19.9 Å². The van der Waals surface area contributed by atoms with E-state index in [0.717, 1.165) is 18.8 Å². The third kappa shape index (κ3) is 4.94. The van der Waals surface area contributed by atoms with Gasteiger partial charge in [-0.1, -0.05) is 12.1 Å². The molecule has 1 aliphatic rings. The molecule has 0 unspecified atom stereocenters. The third-order valence-electron chi connectivity index (χ3n) is 5.38. The van der Waals surface area contributed by atoms with Gasteiger partial charge in [-0.25, -0.2) is 4.98 Å². The van der Waals surface area contributed by atoms with Crippen molar-refractivity contribution >= 4 is 34.2 Å². The van der Waals surface area contributed by atoms with Gasteiger partial charge in [-0.05, 0) is 36.4 Å². The lowest BCUT2D eigenvalue weighted by molar-refractivity contribution is -0.133. The Morgan fingerprint density at radius 3 is 2.56 bits per heavy atom. The maximum Gasteiger partial charge on any atom is 0.269 e. The molecule has 0 aliphatic carbocycles. The van der Waals surface area contributed by atoms with Gasteiger partial charge >= 0.3 is 0 Å². The minimum absolute atomic E-state index is 0.123. The summed E-state index contributed by atoms with van der Waals surface area (Å²) in [7, 11) is 1.54. The first-order valence-electron chi connectivity index (χ1n) is 10.4. The van der Waals surface area contributed by atoms with Crippen molar-refractivity contribution < 1.29 is 14.3 Å². The fraction of sp³-hybridized carbons (Fsp3) is 0.304. The molecule has 2 aromatic carbocycles. The molecule has 4 rings (SSSR count). The number of anilines is 2. The summed E-state index contributed by atoms with van der Waals surface area (Å²) in [6.07, 6.45) is 1.20. The number of fused-ring (bicyclic) bond motifs is 1. The van der Waals surface area contributed by atoms with Gasteiger partial charge in [-0.2, -0.15) is 0 Å². The predicted molar refractivity (Wildman–Crippen MR) is 122 cm³/mol. The Morgan fingerprint density at radius 2 is 1.81 bits per heavy atom. The van der Waals surface area contributed by atoms with Crippen LogP contribution in [-0.2, 0) is 20.9 Å². The summed E-state index contributed by atoms with van der Waals surface area (Å²) in [5, 5.41) is 2.81. The second-order valence-electron chi connectivity index (χ2n) is 7.62. The highest BCUT2D eigenvalue weighted by Gasteiger charge is 2.16. The summed E-state index contributed by atoms with van der Waals surface area (Å²) in [5.41, 5.74) is 2.57. The van der Waals surface area contributed by atoms with Crippen molar-refractivity contribution in [1.29, 1.82) is 0 Å². The number of nitrogens with one attached hydrogen (secondary N) is 1. The fourth-order valence-corrected chi connectivity index (χ4v) is 3.62. The maximum atomic E-state index is 12.7. The highest BCUT2D eigenvalue weighted by Crippen LogP contribution is 2.19. The first kappa shape index (κ1) is 21.5. The number of hydrogen-bond donors (Lipinski definition) is 1. The van der Waals surface area contributed by atoms with Gasteiger partial charge in [0.05, 0.1) is 37.0 Å². The van der Waals surface area contributed by atoms with Gasteiger partial charge in [-0.3, -0.25) is 19.0 Å². The van der Waals surface area contributed by atoms with Gasteiger partial charge in [0.1, 0.15) is 6.54 Å². The molecule has 2 heterocycles. The second kappa shape index (κ2) is 9.61. The number of carbonyl (C=O) groups is 2. The van der Waals surface area contributed by atoms with E-state index in [0.29, 0.717) is 29.9 Å². The van der Waals surface area contributed by atoms with Crippen LogP contribution in [-0.4, -0.2) is 66.2 Å². The Kier molecular flexibility index (Phi) is 6.46. The Balaban J connectivity index is 1.35. The van der Waals surface area contributed by atoms with Crippen LogP contribution >= 0.6 is 0 Å². The number of likely N-dealkylation sites (N-methyl/N-ethyl adjacent to an activating group) is 1. The van der Waals surface area contributed by atoms with Crippen LogP contribution < -0.4 is 15.8 Å². The largest absolute Gasteiger partial charge is 0.378 e. The number of carbonyl (C=O) groups excluding carboxylic acids is 2. The van der Waals surface area contributed by atoms with Gasteiger partial charge in [0.2, 0.25) is 11.8 Å². The molecule has 9 nitrogen and oxygen atoms in total. The van der Waals surface area contributed by atoms with E-state index in [1.54, 1.807) is 18.2 Å². The summed E-state index contributed by atoms with van der Waals surface area (Å²) >= 11 is 0. The molecular weight excluding hydrogens is 410 g/mol. The smallest absolute Gasteiger partial charge is 0.269 e. The Morgan fingerprint density at radius 1 is 1.09 bits per heavy atom. The number of rotatable bonds is 6. The van der Waals surface area contributed by atoms with Crippen molar-refractivity contribution in [2.45, 2.75) is 6.54 Å². The number of para-hydroxylation sites is 2. The van der Waals surface area contributed by atoms with Crippen molar-refractivity contribution in [3.63, 3.8) is 0 Å². The van der Waals surface area contributed by atoms with Crippen molar-refractivity contribution in [2.75, 3.05) is 50.1 Å². The minimum atomic E-state index is -0.366. The summed E-state index contributed by atoms with van der Waals surface area (Å²) in [6.45, 7) is 2.81. The van der Waals surface area contributed by atoms with Gasteiger partial charge in [0, 0.05) is 31.5 Å². The SMILES string of the molecule is CN(CC(=O)Nc1ccc(N2CCOCC2)cc1)C(=O)Cn1c(=O)cnc2ccccc21. The summed E-state index contributed by atoms with van der Waals surface area (Å²) < 4.78 is 6.73. The number of aromatic nitrogens is 2. The molecule has 3 aromatic rings. The fourth-order valence-electron chi connectivity index (χ4n) is 3.62. The average molecular weight is 435 g/mol. The lowest BCUT2D eigenvalue weighted by Gasteiger charge is -2.28. The van der Waals surface area contributed by atoms with E-state index in [1.165, 1.54) is 22.7 Å². The van der Waals surface area contributed by atoms with Crippen molar-refractivity contribution in [3.05, 3.63) is 65.1 Å². The number of morpholine rings is 1. The molecule has 0 spiro atoms. The molecule has 1 N–H and O–H groups in total. The predicted octanol–water partition coefficient (Wildman–Crippen LogP) is 1.33. The zero-order valence-corrected chi connectivity index (χ0v) is 17.9. The van der Waals surface area contributed by atoms with E-state index >= 15 is 0 Å². The molecule has 0 atom stereocenters. The first-order chi connectivity index (χ1) is 15.5. The second-order valence-corrected chi connectivity index (χ2v) is 7.62. The molecule has 166 valence electrons. The molecule has 1 fully saturated rings. The molecule has 1 aromatic heterocycles. The Labute approximate surface area is 185 Å². The molecule has 0 bridgehead atoms. The number of benzene rings is 2. The molecule has 2 amide bonds. The van der Waals surface area contributed by atoms with Crippen LogP contribution in [0.25, 0.3) is 11.0 Å². The van der Waals surface area contributed by atoms with Crippen LogP contribution in [0.3, 0.4) is 0 Å². The normalized spacial score (nSPS) is 13.7. The Bertz CT molecular complexity index is 1170.